The van der Waals surface area contributed by atoms with E-state index < -0.39 is 12.1 Å². The van der Waals surface area contributed by atoms with Gasteiger partial charge in [-0.3, -0.25) is 0 Å². The Kier molecular flexibility index (Phi) is 7.00. The molecule has 28 heavy (non-hydrogen) atoms. The Morgan fingerprint density at radius 1 is 1.39 bits per heavy atom. The minimum absolute atomic E-state index is 0. The summed E-state index contributed by atoms with van der Waals surface area (Å²) in [6.07, 6.45) is -3.90. The fourth-order valence-electron chi connectivity index (χ4n) is 3.47. The summed E-state index contributed by atoms with van der Waals surface area (Å²) in [7, 11) is 0. The summed E-state index contributed by atoms with van der Waals surface area (Å²) < 4.78 is 47.3. The number of nitrogens with one attached hydrogen (secondary N) is 3. The van der Waals surface area contributed by atoms with Gasteiger partial charge < -0.3 is 19.8 Å². The zero-order valence-corrected chi connectivity index (χ0v) is 16.1. The number of anilines is 1. The number of alkyl halides is 3. The third-order valence-electron chi connectivity index (χ3n) is 4.77. The second kappa shape index (κ2) is 8.87. The van der Waals surface area contributed by atoms with Crippen molar-refractivity contribution in [2.24, 2.45) is 11.8 Å². The van der Waals surface area contributed by atoms with Crippen LogP contribution in [0, 0.1) is 11.8 Å². The summed E-state index contributed by atoms with van der Waals surface area (Å²) in [5, 5.41) is 12.3. The van der Waals surface area contributed by atoms with Crippen LogP contribution in [0.15, 0.2) is 27.4 Å². The van der Waals surface area contributed by atoms with E-state index in [1.54, 1.807) is 0 Å². The molecule has 2 aromatic rings. The van der Waals surface area contributed by atoms with Gasteiger partial charge in [0.05, 0.1) is 5.69 Å². The van der Waals surface area contributed by atoms with Gasteiger partial charge >= 0.3 is 12.1 Å². The summed E-state index contributed by atoms with van der Waals surface area (Å²) in [5.41, 5.74) is 0.518. The molecule has 3 rings (SSSR count). The number of ether oxygens (including phenoxy) is 1. The van der Waals surface area contributed by atoms with Gasteiger partial charge in [-0.05, 0) is 56.5 Å². The number of rotatable bonds is 5. The van der Waals surface area contributed by atoms with Crippen molar-refractivity contribution in [1.82, 2.24) is 15.5 Å². The average Bonchev–Trinajstić information content (AvgIpc) is 3.02. The van der Waals surface area contributed by atoms with E-state index in [2.05, 4.69) is 32.5 Å². The fraction of sp³-hybridized carbons (Fsp3) is 0.529. The van der Waals surface area contributed by atoms with E-state index >= 15 is 0 Å². The largest absolute Gasteiger partial charge is 0.573 e. The number of piperidine rings is 1. The molecule has 1 aliphatic heterocycles. The quantitative estimate of drug-likeness (QED) is 0.684. The van der Waals surface area contributed by atoms with E-state index in [1.165, 1.54) is 18.2 Å². The maximum atomic E-state index is 12.8. The molecule has 1 saturated heterocycles. The van der Waals surface area contributed by atoms with Crippen molar-refractivity contribution in [2.75, 3.05) is 18.4 Å². The zero-order chi connectivity index (χ0) is 19.6. The molecule has 3 atom stereocenters. The van der Waals surface area contributed by atoms with E-state index in [0.717, 1.165) is 19.5 Å². The normalized spacial score (nSPS) is 20.9. The molecule has 0 aliphatic carbocycles. The van der Waals surface area contributed by atoms with E-state index in [-0.39, 0.29) is 41.7 Å². The van der Waals surface area contributed by atoms with Crippen molar-refractivity contribution >= 4 is 18.1 Å². The van der Waals surface area contributed by atoms with Crippen molar-refractivity contribution < 1.29 is 22.3 Å². The molecular weight excluding hydrogens is 401 g/mol. The first-order chi connectivity index (χ1) is 12.7. The predicted molar refractivity (Wildman–Crippen MR) is 99.7 cm³/mol. The van der Waals surface area contributed by atoms with Crippen LogP contribution in [0.1, 0.15) is 20.3 Å². The Bertz CT molecular complexity index is 840. The molecule has 0 spiro atoms. The lowest BCUT2D eigenvalue weighted by atomic mass is 9.82. The topological polar surface area (TPSA) is 92.2 Å². The molecule has 0 saturated carbocycles. The number of hydrogen-bond acceptors (Lipinski definition) is 6. The molecule has 11 heteroatoms. The van der Waals surface area contributed by atoms with Gasteiger partial charge in [-0.2, -0.15) is 0 Å². The van der Waals surface area contributed by atoms with Gasteiger partial charge in [-0.15, -0.1) is 30.7 Å². The van der Waals surface area contributed by atoms with Crippen LogP contribution in [0.2, 0.25) is 0 Å². The number of nitrogens with zero attached hydrogens (tertiary/aromatic N) is 1. The minimum atomic E-state index is -4.82. The molecule has 1 aliphatic rings. The van der Waals surface area contributed by atoms with Crippen LogP contribution >= 0.6 is 12.4 Å². The second-order valence-corrected chi connectivity index (χ2v) is 6.74. The van der Waals surface area contributed by atoms with Gasteiger partial charge in [0.25, 0.3) is 0 Å². The van der Waals surface area contributed by atoms with Gasteiger partial charge in [0.2, 0.25) is 5.89 Å². The highest BCUT2D eigenvalue weighted by Gasteiger charge is 2.33. The van der Waals surface area contributed by atoms with Gasteiger partial charge in [-0.1, -0.05) is 6.92 Å². The van der Waals surface area contributed by atoms with Crippen molar-refractivity contribution in [3.05, 3.63) is 28.7 Å². The fourth-order valence-corrected chi connectivity index (χ4v) is 3.47. The lowest BCUT2D eigenvalue weighted by molar-refractivity contribution is -0.274. The molecule has 0 bridgehead atoms. The van der Waals surface area contributed by atoms with Crippen molar-refractivity contribution in [2.45, 2.75) is 32.7 Å². The monoisotopic (exact) mass is 422 g/mol. The van der Waals surface area contributed by atoms with Crippen LogP contribution < -0.4 is 21.1 Å². The van der Waals surface area contributed by atoms with Gasteiger partial charge in [-0.25, -0.2) is 9.89 Å². The van der Waals surface area contributed by atoms with Crippen LogP contribution in [0.25, 0.3) is 11.5 Å². The maximum Gasteiger partial charge on any atom is 0.573 e. The Morgan fingerprint density at radius 3 is 2.75 bits per heavy atom. The van der Waals surface area contributed by atoms with Crippen molar-refractivity contribution in [3.8, 4) is 17.2 Å². The molecule has 0 radical (unpaired) electrons. The third-order valence-corrected chi connectivity index (χ3v) is 4.77. The van der Waals surface area contributed by atoms with Crippen molar-refractivity contribution in [1.29, 1.82) is 0 Å². The summed E-state index contributed by atoms with van der Waals surface area (Å²) in [6, 6.07) is 3.88. The number of halogens is 4. The smallest absolute Gasteiger partial charge is 0.404 e. The molecule has 1 aromatic carbocycles. The Balaban J connectivity index is 0.00000280. The SMILES string of the molecule is C[C@@H]1CNCC[C@@H]1[C@H](C)Nc1cc(-c2n[nH]c(=O)o2)ccc1OC(F)(F)F.Cl. The molecule has 7 nitrogen and oxygen atoms in total. The highest BCUT2D eigenvalue weighted by Crippen LogP contribution is 2.35. The highest BCUT2D eigenvalue weighted by atomic mass is 35.5. The first-order valence-corrected chi connectivity index (χ1v) is 8.66. The second-order valence-electron chi connectivity index (χ2n) is 6.74. The average molecular weight is 423 g/mol. The van der Waals surface area contributed by atoms with E-state index in [9.17, 15) is 18.0 Å². The third kappa shape index (κ3) is 5.41. The van der Waals surface area contributed by atoms with Crippen LogP contribution in [-0.2, 0) is 0 Å². The Labute approximate surface area is 165 Å². The van der Waals surface area contributed by atoms with Crippen LogP contribution in [-0.4, -0.2) is 35.7 Å². The van der Waals surface area contributed by atoms with Crippen LogP contribution in [0.3, 0.4) is 0 Å². The molecule has 0 amide bonds. The standard InChI is InChI=1S/C17H21F3N4O3.ClH/c1-9-8-21-6-5-12(9)10(2)22-13-7-11(15-23-24-16(25)26-15)3-4-14(13)27-17(18,19)20;/h3-4,7,9-10,12,21-22H,5-6,8H2,1-2H3,(H,24,25);1H/t9-,10+,12+;/m1./s1. The summed E-state index contributed by atoms with van der Waals surface area (Å²) in [5.74, 6) is -0.438. The number of benzene rings is 1. The lowest BCUT2D eigenvalue weighted by Crippen LogP contribution is -2.42. The number of H-pyrrole nitrogens is 1. The zero-order valence-electron chi connectivity index (χ0n) is 15.3. The first-order valence-electron chi connectivity index (χ1n) is 8.66. The van der Waals surface area contributed by atoms with Gasteiger partial charge in [0.15, 0.2) is 5.75 Å². The summed E-state index contributed by atoms with van der Waals surface area (Å²) in [4.78, 5) is 11.1. The minimum Gasteiger partial charge on any atom is -0.404 e. The number of hydrogen-bond donors (Lipinski definition) is 3. The van der Waals surface area contributed by atoms with Crippen molar-refractivity contribution in [3.63, 3.8) is 0 Å². The summed E-state index contributed by atoms with van der Waals surface area (Å²) >= 11 is 0. The molecular formula is C17H22ClF3N4O3. The number of aromatic nitrogens is 2. The van der Waals surface area contributed by atoms with E-state index in [1.807, 2.05) is 6.92 Å². The molecule has 156 valence electrons. The maximum absolute atomic E-state index is 12.8. The Morgan fingerprint density at radius 2 is 2.14 bits per heavy atom. The van der Waals surface area contributed by atoms with Gasteiger partial charge in [0.1, 0.15) is 0 Å². The summed E-state index contributed by atoms with van der Waals surface area (Å²) in [6.45, 7) is 5.77. The molecule has 2 heterocycles. The first kappa shape index (κ1) is 22.1. The van der Waals surface area contributed by atoms with E-state index in [0.29, 0.717) is 11.5 Å². The van der Waals surface area contributed by atoms with Gasteiger partial charge in [0, 0.05) is 11.6 Å². The van der Waals surface area contributed by atoms with E-state index in [4.69, 9.17) is 4.42 Å². The highest BCUT2D eigenvalue weighted by molar-refractivity contribution is 5.85. The lowest BCUT2D eigenvalue weighted by Gasteiger charge is -2.35. The van der Waals surface area contributed by atoms with Crippen LogP contribution in [0.4, 0.5) is 18.9 Å². The van der Waals surface area contributed by atoms with Crippen LogP contribution in [0.5, 0.6) is 5.75 Å². The molecule has 3 N–H and O–H groups in total. The molecule has 1 fully saturated rings. The molecule has 1 aromatic heterocycles. The molecule has 0 unspecified atom stereocenters. The predicted octanol–water partition coefficient (Wildman–Crippen LogP) is 3.40. The Hall–Kier alpha value is -2.20. The number of aromatic amines is 1.